The van der Waals surface area contributed by atoms with Crippen LogP contribution >= 0.6 is 0 Å². The molecule has 116 valence electrons. The van der Waals surface area contributed by atoms with Crippen LogP contribution in [0.2, 0.25) is 0 Å². The summed E-state index contributed by atoms with van der Waals surface area (Å²) in [4.78, 5) is 8.00. The van der Waals surface area contributed by atoms with E-state index in [4.69, 9.17) is 15.0 Å². The molecule has 1 aromatic carbocycles. The van der Waals surface area contributed by atoms with Crippen molar-refractivity contribution in [3.8, 4) is 5.75 Å². The van der Waals surface area contributed by atoms with Crippen molar-refractivity contribution in [1.82, 2.24) is 5.32 Å². The molecule has 0 aliphatic heterocycles. The molecule has 0 saturated heterocycles. The highest BCUT2D eigenvalue weighted by Gasteiger charge is 1.96. The van der Waals surface area contributed by atoms with Crippen LogP contribution in [-0.2, 0) is 11.2 Å². The Bertz CT molecular complexity index is 304. The van der Waals surface area contributed by atoms with Gasteiger partial charge in [-0.25, -0.2) is 0 Å². The van der Waals surface area contributed by atoms with E-state index in [0.717, 1.165) is 18.4 Å². The standard InChI is InChI=1S/C10H14O.C4H11NO2.CH2O/c1-2-3-6-9-7-4-5-8-10(9)11;6-3-1-5-2-4-7;1-2/h4-5,7-8,11H,2-3,6H2,1H3;5-7H,1-4H2;1H2. The Kier molecular flexibility index (Phi) is 18.3. The van der Waals surface area contributed by atoms with Crippen LogP contribution in [-0.4, -0.2) is 48.4 Å². The van der Waals surface area contributed by atoms with E-state index in [1.807, 2.05) is 25.0 Å². The van der Waals surface area contributed by atoms with E-state index < -0.39 is 0 Å². The number of para-hydroxylation sites is 1. The first-order valence-corrected chi connectivity index (χ1v) is 6.74. The number of nitrogens with one attached hydrogen (secondary N) is 1. The molecule has 0 fully saturated rings. The summed E-state index contributed by atoms with van der Waals surface area (Å²) in [5.41, 5.74) is 1.06. The Morgan fingerprint density at radius 1 is 1.10 bits per heavy atom. The fourth-order valence-corrected chi connectivity index (χ4v) is 1.37. The lowest BCUT2D eigenvalue weighted by Crippen LogP contribution is -2.21. The molecule has 5 heteroatoms. The Balaban J connectivity index is 0. The molecule has 5 nitrogen and oxygen atoms in total. The molecule has 0 aromatic heterocycles. The first-order valence-electron chi connectivity index (χ1n) is 6.74. The molecule has 0 unspecified atom stereocenters. The average molecular weight is 285 g/mol. The number of phenols is 1. The van der Waals surface area contributed by atoms with Crippen LogP contribution in [0.1, 0.15) is 25.3 Å². The number of aliphatic hydroxyl groups is 2. The Hall–Kier alpha value is -1.43. The lowest BCUT2D eigenvalue weighted by molar-refractivity contribution is -0.0979. The summed E-state index contributed by atoms with van der Waals surface area (Å²) < 4.78 is 0. The molecule has 0 heterocycles. The summed E-state index contributed by atoms with van der Waals surface area (Å²) in [6.45, 7) is 5.57. The zero-order chi connectivity index (χ0) is 15.6. The topological polar surface area (TPSA) is 89.8 Å². The number of phenolic OH excluding ortho intramolecular Hbond substituents is 1. The minimum absolute atomic E-state index is 0.139. The summed E-state index contributed by atoms with van der Waals surface area (Å²) >= 11 is 0. The first-order chi connectivity index (χ1) is 9.76. The quantitative estimate of drug-likeness (QED) is 0.564. The van der Waals surface area contributed by atoms with Gasteiger partial charge in [-0.3, -0.25) is 0 Å². The highest BCUT2D eigenvalue weighted by molar-refractivity contribution is 5.31. The second kappa shape index (κ2) is 17.6. The van der Waals surface area contributed by atoms with E-state index in [9.17, 15) is 5.11 Å². The average Bonchev–Trinajstić information content (AvgIpc) is 2.50. The predicted octanol–water partition coefficient (Wildman–Crippen LogP) is 1.11. The maximum absolute atomic E-state index is 9.34. The van der Waals surface area contributed by atoms with E-state index in [-0.39, 0.29) is 13.2 Å². The van der Waals surface area contributed by atoms with Crippen LogP contribution in [0.25, 0.3) is 0 Å². The molecule has 4 N–H and O–H groups in total. The molecule has 0 aliphatic rings. The van der Waals surface area contributed by atoms with Crippen molar-refractivity contribution >= 4 is 6.79 Å². The van der Waals surface area contributed by atoms with Gasteiger partial charge in [0.2, 0.25) is 0 Å². The zero-order valence-electron chi connectivity index (χ0n) is 12.2. The van der Waals surface area contributed by atoms with Crippen molar-refractivity contribution < 1.29 is 20.1 Å². The lowest BCUT2D eigenvalue weighted by atomic mass is 10.1. The van der Waals surface area contributed by atoms with E-state index in [0.29, 0.717) is 18.8 Å². The van der Waals surface area contributed by atoms with Gasteiger partial charge >= 0.3 is 0 Å². The van der Waals surface area contributed by atoms with Gasteiger partial charge in [0.15, 0.2) is 0 Å². The van der Waals surface area contributed by atoms with Crippen molar-refractivity contribution in [2.45, 2.75) is 26.2 Å². The number of aromatic hydroxyl groups is 1. The predicted molar refractivity (Wildman–Crippen MR) is 80.9 cm³/mol. The van der Waals surface area contributed by atoms with Crippen molar-refractivity contribution in [3.05, 3.63) is 29.8 Å². The molecular formula is C15H27NO4. The highest BCUT2D eigenvalue weighted by Crippen LogP contribution is 2.17. The summed E-state index contributed by atoms with van der Waals surface area (Å²) in [5.74, 6) is 0.431. The minimum Gasteiger partial charge on any atom is -0.508 e. The van der Waals surface area contributed by atoms with Crippen LogP contribution in [0, 0.1) is 0 Å². The number of carbonyl (C=O) groups excluding carboxylic acids is 1. The van der Waals surface area contributed by atoms with Crippen molar-refractivity contribution in [2.24, 2.45) is 0 Å². The van der Waals surface area contributed by atoms with Crippen LogP contribution in [0.4, 0.5) is 0 Å². The molecule has 0 aliphatic carbocycles. The summed E-state index contributed by atoms with van der Waals surface area (Å²) in [7, 11) is 0. The molecule has 0 bridgehead atoms. The number of hydrogen-bond acceptors (Lipinski definition) is 5. The van der Waals surface area contributed by atoms with Gasteiger partial charge < -0.3 is 25.4 Å². The van der Waals surface area contributed by atoms with E-state index in [1.54, 1.807) is 6.07 Å². The summed E-state index contributed by atoms with van der Waals surface area (Å²) in [6.07, 6.45) is 3.31. The van der Waals surface area contributed by atoms with Gasteiger partial charge in [0, 0.05) is 13.1 Å². The Labute approximate surface area is 121 Å². The fourth-order valence-electron chi connectivity index (χ4n) is 1.37. The third-order valence-electron chi connectivity index (χ3n) is 2.37. The lowest BCUT2D eigenvalue weighted by Gasteiger charge is -2.01. The number of aryl methyl sites for hydroxylation is 1. The molecule has 1 aromatic rings. The molecule has 0 saturated carbocycles. The SMILES string of the molecule is C=O.CCCCc1ccccc1O.OCCNCCO. The van der Waals surface area contributed by atoms with Crippen molar-refractivity contribution in [3.63, 3.8) is 0 Å². The van der Waals surface area contributed by atoms with Gasteiger partial charge in [-0.15, -0.1) is 0 Å². The van der Waals surface area contributed by atoms with Crippen LogP contribution < -0.4 is 5.32 Å². The maximum Gasteiger partial charge on any atom is 0.118 e. The number of rotatable bonds is 7. The molecule has 20 heavy (non-hydrogen) atoms. The normalized spacial score (nSPS) is 8.95. The summed E-state index contributed by atoms with van der Waals surface area (Å²) in [5, 5.41) is 28.4. The van der Waals surface area contributed by atoms with E-state index in [2.05, 4.69) is 12.2 Å². The van der Waals surface area contributed by atoms with E-state index >= 15 is 0 Å². The van der Waals surface area contributed by atoms with Gasteiger partial charge in [-0.1, -0.05) is 31.5 Å². The third-order valence-corrected chi connectivity index (χ3v) is 2.37. The van der Waals surface area contributed by atoms with E-state index in [1.165, 1.54) is 6.42 Å². The number of carbonyl (C=O) groups is 1. The number of aliphatic hydroxyl groups excluding tert-OH is 2. The fraction of sp³-hybridized carbons (Fsp3) is 0.533. The number of unbranched alkanes of at least 4 members (excludes halogenated alkanes) is 1. The number of hydrogen-bond donors (Lipinski definition) is 4. The van der Waals surface area contributed by atoms with Crippen LogP contribution in [0.3, 0.4) is 0 Å². The van der Waals surface area contributed by atoms with Gasteiger partial charge in [0.05, 0.1) is 13.2 Å². The van der Waals surface area contributed by atoms with Gasteiger partial charge in [-0.05, 0) is 24.5 Å². The number of benzene rings is 1. The molecule has 0 radical (unpaired) electrons. The zero-order valence-corrected chi connectivity index (χ0v) is 12.2. The van der Waals surface area contributed by atoms with Gasteiger partial charge in [0.1, 0.15) is 12.5 Å². The molecule has 0 spiro atoms. The largest absolute Gasteiger partial charge is 0.508 e. The Morgan fingerprint density at radius 3 is 2.10 bits per heavy atom. The molecule has 0 amide bonds. The molecular weight excluding hydrogens is 258 g/mol. The second-order valence-electron chi connectivity index (χ2n) is 3.93. The smallest absolute Gasteiger partial charge is 0.118 e. The molecule has 0 atom stereocenters. The first kappa shape index (κ1) is 20.9. The van der Waals surface area contributed by atoms with Crippen molar-refractivity contribution in [1.29, 1.82) is 0 Å². The van der Waals surface area contributed by atoms with Gasteiger partial charge in [-0.2, -0.15) is 0 Å². The van der Waals surface area contributed by atoms with Crippen molar-refractivity contribution in [2.75, 3.05) is 26.3 Å². The van der Waals surface area contributed by atoms with Gasteiger partial charge in [0.25, 0.3) is 0 Å². The Morgan fingerprint density at radius 2 is 1.65 bits per heavy atom. The molecule has 1 rings (SSSR count). The maximum atomic E-state index is 9.34. The highest BCUT2D eigenvalue weighted by atomic mass is 16.3. The summed E-state index contributed by atoms with van der Waals surface area (Å²) in [6, 6.07) is 7.53. The second-order valence-corrected chi connectivity index (χ2v) is 3.93. The van der Waals surface area contributed by atoms with Crippen LogP contribution in [0.15, 0.2) is 24.3 Å². The minimum atomic E-state index is 0.139. The monoisotopic (exact) mass is 285 g/mol. The van der Waals surface area contributed by atoms with Crippen LogP contribution in [0.5, 0.6) is 5.75 Å². The third kappa shape index (κ3) is 13.0.